The van der Waals surface area contributed by atoms with Crippen LogP contribution in [0.3, 0.4) is 0 Å². The summed E-state index contributed by atoms with van der Waals surface area (Å²) < 4.78 is 0. The van der Waals surface area contributed by atoms with Crippen LogP contribution in [0.2, 0.25) is 0 Å². The van der Waals surface area contributed by atoms with Crippen molar-refractivity contribution in [2.24, 2.45) is 0 Å². The molecule has 1 N–H and O–H groups in total. The Kier molecular flexibility index (Phi) is 6.45. The third-order valence-corrected chi connectivity index (χ3v) is 3.87. The van der Waals surface area contributed by atoms with E-state index in [-0.39, 0.29) is 0 Å². The van der Waals surface area contributed by atoms with Crippen molar-refractivity contribution in [3.63, 3.8) is 0 Å². The van der Waals surface area contributed by atoms with Gasteiger partial charge in [0.1, 0.15) is 0 Å². The fourth-order valence-electron chi connectivity index (χ4n) is 2.42. The van der Waals surface area contributed by atoms with E-state index in [1.54, 1.807) is 0 Å². The van der Waals surface area contributed by atoms with Gasteiger partial charge in [0.2, 0.25) is 0 Å². The van der Waals surface area contributed by atoms with E-state index in [4.69, 9.17) is 0 Å². The number of rotatable bonds is 7. The first-order valence-electron chi connectivity index (χ1n) is 7.20. The molecule has 102 valence electrons. The molecule has 0 bridgehead atoms. The van der Waals surface area contributed by atoms with Crippen LogP contribution in [-0.4, -0.2) is 61.7 Å². The van der Waals surface area contributed by atoms with Gasteiger partial charge in [0.15, 0.2) is 0 Å². The first kappa shape index (κ1) is 14.9. The average Bonchev–Trinajstić information content (AvgIpc) is 2.29. The molecule has 1 aliphatic rings. The molecule has 0 radical (unpaired) electrons. The SMILES string of the molecule is CCCCCNCC(C)(C)N1CCN(C)CC1. The highest BCUT2D eigenvalue weighted by molar-refractivity contribution is 4.86. The average molecular weight is 241 g/mol. The molecule has 1 aliphatic heterocycles. The lowest BCUT2D eigenvalue weighted by Gasteiger charge is -2.43. The molecule has 0 spiro atoms. The minimum atomic E-state index is 0.299. The zero-order valence-electron chi connectivity index (χ0n) is 12.3. The van der Waals surface area contributed by atoms with Gasteiger partial charge in [-0.2, -0.15) is 0 Å². The van der Waals surface area contributed by atoms with Gasteiger partial charge < -0.3 is 10.2 Å². The van der Waals surface area contributed by atoms with Crippen LogP contribution in [-0.2, 0) is 0 Å². The zero-order valence-corrected chi connectivity index (χ0v) is 12.3. The third kappa shape index (κ3) is 5.36. The van der Waals surface area contributed by atoms with Crippen molar-refractivity contribution in [2.45, 2.75) is 45.6 Å². The molecule has 0 aromatic rings. The number of hydrogen-bond acceptors (Lipinski definition) is 3. The van der Waals surface area contributed by atoms with Crippen LogP contribution in [0.25, 0.3) is 0 Å². The Morgan fingerprint density at radius 2 is 1.71 bits per heavy atom. The smallest absolute Gasteiger partial charge is 0.0278 e. The van der Waals surface area contributed by atoms with Gasteiger partial charge in [0, 0.05) is 38.3 Å². The van der Waals surface area contributed by atoms with Gasteiger partial charge in [-0.3, -0.25) is 4.90 Å². The van der Waals surface area contributed by atoms with Crippen molar-refractivity contribution in [3.8, 4) is 0 Å². The summed E-state index contributed by atoms with van der Waals surface area (Å²) in [4.78, 5) is 5.04. The first-order valence-corrected chi connectivity index (χ1v) is 7.20. The van der Waals surface area contributed by atoms with Gasteiger partial charge in [0.25, 0.3) is 0 Å². The van der Waals surface area contributed by atoms with Crippen molar-refractivity contribution < 1.29 is 0 Å². The Hall–Kier alpha value is -0.120. The van der Waals surface area contributed by atoms with Gasteiger partial charge in [-0.15, -0.1) is 0 Å². The first-order chi connectivity index (χ1) is 8.06. The molecule has 0 aromatic heterocycles. The highest BCUT2D eigenvalue weighted by Gasteiger charge is 2.28. The third-order valence-electron chi connectivity index (χ3n) is 3.87. The fraction of sp³-hybridized carbons (Fsp3) is 1.00. The highest BCUT2D eigenvalue weighted by atomic mass is 15.3. The van der Waals surface area contributed by atoms with E-state index in [1.165, 1.54) is 52.0 Å². The summed E-state index contributed by atoms with van der Waals surface area (Å²) in [7, 11) is 2.22. The molecule has 3 nitrogen and oxygen atoms in total. The Morgan fingerprint density at radius 3 is 2.29 bits per heavy atom. The number of likely N-dealkylation sites (N-methyl/N-ethyl adjacent to an activating group) is 1. The summed E-state index contributed by atoms with van der Waals surface area (Å²) in [5, 5.41) is 3.61. The van der Waals surface area contributed by atoms with E-state index in [0.717, 1.165) is 6.54 Å². The quantitative estimate of drug-likeness (QED) is 0.686. The number of hydrogen-bond donors (Lipinski definition) is 1. The second-order valence-corrected chi connectivity index (χ2v) is 5.99. The summed E-state index contributed by atoms with van der Waals surface area (Å²) in [5.41, 5.74) is 0.299. The zero-order chi connectivity index (χ0) is 12.7. The largest absolute Gasteiger partial charge is 0.315 e. The van der Waals surface area contributed by atoms with Crippen LogP contribution >= 0.6 is 0 Å². The molecule has 1 heterocycles. The van der Waals surface area contributed by atoms with E-state index in [2.05, 4.69) is 42.9 Å². The maximum atomic E-state index is 3.61. The molecule has 1 rings (SSSR count). The molecule has 1 saturated heterocycles. The molecule has 0 amide bonds. The molecule has 1 fully saturated rings. The minimum Gasteiger partial charge on any atom is -0.315 e. The van der Waals surface area contributed by atoms with Crippen LogP contribution in [0.15, 0.2) is 0 Å². The summed E-state index contributed by atoms with van der Waals surface area (Å²) in [6, 6.07) is 0. The normalized spacial score (nSPS) is 19.8. The van der Waals surface area contributed by atoms with Gasteiger partial charge >= 0.3 is 0 Å². The maximum Gasteiger partial charge on any atom is 0.0278 e. The molecular weight excluding hydrogens is 210 g/mol. The molecule has 17 heavy (non-hydrogen) atoms. The summed E-state index contributed by atoms with van der Waals surface area (Å²) in [6.45, 7) is 14.1. The van der Waals surface area contributed by atoms with Gasteiger partial charge in [0.05, 0.1) is 0 Å². The van der Waals surface area contributed by atoms with Crippen molar-refractivity contribution in [3.05, 3.63) is 0 Å². The van der Waals surface area contributed by atoms with Crippen LogP contribution in [0.4, 0.5) is 0 Å². The summed E-state index contributed by atoms with van der Waals surface area (Å²) in [5.74, 6) is 0. The van der Waals surface area contributed by atoms with Crippen molar-refractivity contribution in [1.29, 1.82) is 0 Å². The molecule has 0 atom stereocenters. The predicted molar refractivity (Wildman–Crippen MR) is 75.5 cm³/mol. The molecule has 3 heteroatoms. The standard InChI is InChI=1S/C14H31N3/c1-5-6-7-8-15-13-14(2,3)17-11-9-16(4)10-12-17/h15H,5-13H2,1-4H3. The van der Waals surface area contributed by atoms with Crippen LogP contribution in [0, 0.1) is 0 Å². The van der Waals surface area contributed by atoms with Gasteiger partial charge in [-0.05, 0) is 33.9 Å². The molecule has 0 aromatic carbocycles. The highest BCUT2D eigenvalue weighted by Crippen LogP contribution is 2.15. The van der Waals surface area contributed by atoms with Gasteiger partial charge in [-0.1, -0.05) is 19.8 Å². The van der Waals surface area contributed by atoms with Crippen molar-refractivity contribution in [1.82, 2.24) is 15.1 Å². The lowest BCUT2D eigenvalue weighted by molar-refractivity contribution is 0.0620. The molecule has 0 aliphatic carbocycles. The van der Waals surface area contributed by atoms with E-state index in [9.17, 15) is 0 Å². The van der Waals surface area contributed by atoms with E-state index in [1.807, 2.05) is 0 Å². The fourth-order valence-corrected chi connectivity index (χ4v) is 2.42. The second-order valence-electron chi connectivity index (χ2n) is 5.99. The number of nitrogens with one attached hydrogen (secondary N) is 1. The Labute approximate surface area is 108 Å². The lowest BCUT2D eigenvalue weighted by Crippen LogP contribution is -2.57. The number of unbranched alkanes of at least 4 members (excludes halogenated alkanes) is 2. The number of piperazine rings is 1. The molecule has 0 saturated carbocycles. The predicted octanol–water partition coefficient (Wildman–Crippen LogP) is 1.79. The van der Waals surface area contributed by atoms with Crippen LogP contribution < -0.4 is 5.32 Å². The topological polar surface area (TPSA) is 18.5 Å². The maximum absolute atomic E-state index is 3.61. The monoisotopic (exact) mass is 241 g/mol. The van der Waals surface area contributed by atoms with Crippen molar-refractivity contribution >= 4 is 0 Å². The van der Waals surface area contributed by atoms with E-state index in [0.29, 0.717) is 5.54 Å². The Bertz CT molecular complexity index is 196. The van der Waals surface area contributed by atoms with Gasteiger partial charge in [-0.25, -0.2) is 0 Å². The second kappa shape index (κ2) is 7.34. The Morgan fingerprint density at radius 1 is 1.06 bits per heavy atom. The van der Waals surface area contributed by atoms with E-state index < -0.39 is 0 Å². The summed E-state index contributed by atoms with van der Waals surface area (Å²) >= 11 is 0. The molecular formula is C14H31N3. The summed E-state index contributed by atoms with van der Waals surface area (Å²) in [6.07, 6.45) is 3.97. The molecule has 0 unspecified atom stereocenters. The minimum absolute atomic E-state index is 0.299. The van der Waals surface area contributed by atoms with Crippen LogP contribution in [0.1, 0.15) is 40.0 Å². The Balaban J connectivity index is 2.20. The van der Waals surface area contributed by atoms with E-state index >= 15 is 0 Å². The van der Waals surface area contributed by atoms with Crippen LogP contribution in [0.5, 0.6) is 0 Å². The van der Waals surface area contributed by atoms with Crippen molar-refractivity contribution in [2.75, 3.05) is 46.3 Å². The number of nitrogens with zero attached hydrogens (tertiary/aromatic N) is 2. The lowest BCUT2D eigenvalue weighted by atomic mass is 10.0.